The van der Waals surface area contributed by atoms with E-state index < -0.39 is 0 Å². The van der Waals surface area contributed by atoms with Crippen molar-refractivity contribution in [2.75, 3.05) is 0 Å². The first kappa shape index (κ1) is 15.4. The zero-order chi connectivity index (χ0) is 15.9. The molecule has 0 fully saturated rings. The molecule has 1 aliphatic carbocycles. The predicted molar refractivity (Wildman–Crippen MR) is 97.3 cm³/mol. The summed E-state index contributed by atoms with van der Waals surface area (Å²) < 4.78 is 0. The largest absolute Gasteiger partial charge is 0.288 e. The van der Waals surface area contributed by atoms with Crippen molar-refractivity contribution in [3.05, 3.63) is 83.6 Å². The third kappa shape index (κ3) is 4.27. The van der Waals surface area contributed by atoms with Crippen LogP contribution in [-0.2, 0) is 0 Å². The Morgan fingerprint density at radius 2 is 1.61 bits per heavy atom. The summed E-state index contributed by atoms with van der Waals surface area (Å²) in [6, 6.07) is 20.6. The summed E-state index contributed by atoms with van der Waals surface area (Å²) in [6.45, 7) is 2.22. The Bertz CT molecular complexity index is 725. The maximum atomic E-state index is 4.61. The number of hydrogen-bond acceptors (Lipinski definition) is 1. The molecule has 2 nitrogen and oxygen atoms in total. The monoisotopic (exact) mass is 303 g/mol. The first-order valence-electron chi connectivity index (χ1n) is 8.21. The molecule has 23 heavy (non-hydrogen) atoms. The lowest BCUT2D eigenvalue weighted by Crippen LogP contribution is -2.71. The summed E-state index contributed by atoms with van der Waals surface area (Å²) in [5.41, 5.74) is 6.42. The molecule has 0 saturated heterocycles. The van der Waals surface area contributed by atoms with Gasteiger partial charge >= 0.3 is 0 Å². The second-order valence-corrected chi connectivity index (χ2v) is 5.87. The van der Waals surface area contributed by atoms with Gasteiger partial charge in [0.15, 0.2) is 0 Å². The first-order chi connectivity index (χ1) is 11.3. The Labute approximate surface area is 138 Å². The fourth-order valence-electron chi connectivity index (χ4n) is 2.85. The highest BCUT2D eigenvalue weighted by Crippen LogP contribution is 2.28. The normalized spacial score (nSPS) is 17.2. The molecule has 2 heteroatoms. The van der Waals surface area contributed by atoms with E-state index in [0.29, 0.717) is 0 Å². The first-order valence-corrected chi connectivity index (χ1v) is 8.21. The fourth-order valence-corrected chi connectivity index (χ4v) is 2.85. The summed E-state index contributed by atoms with van der Waals surface area (Å²) in [4.78, 5) is 4.61. The predicted octanol–water partition coefficient (Wildman–Crippen LogP) is 4.67. The molecule has 0 unspecified atom stereocenters. The smallest absolute Gasteiger partial charge is 0.134 e. The highest BCUT2D eigenvalue weighted by atomic mass is 14.8. The molecule has 0 aromatic heterocycles. The van der Waals surface area contributed by atoms with E-state index in [0.717, 1.165) is 18.5 Å². The number of nitrogens with zero attached hydrogens (tertiary/aromatic N) is 1. The van der Waals surface area contributed by atoms with E-state index in [-0.39, 0.29) is 0 Å². The van der Waals surface area contributed by atoms with Crippen LogP contribution in [-0.4, -0.2) is 6.21 Å². The van der Waals surface area contributed by atoms with Crippen LogP contribution >= 0.6 is 0 Å². The molecule has 0 atom stereocenters. The molecule has 0 heterocycles. The van der Waals surface area contributed by atoms with Crippen molar-refractivity contribution in [2.24, 2.45) is 4.99 Å². The van der Waals surface area contributed by atoms with Gasteiger partial charge in [-0.05, 0) is 61.6 Å². The maximum absolute atomic E-state index is 4.61. The Hall–Kier alpha value is -2.45. The molecule has 0 aliphatic heterocycles. The van der Waals surface area contributed by atoms with Crippen LogP contribution in [0.5, 0.6) is 0 Å². The van der Waals surface area contributed by atoms with Crippen LogP contribution in [0.15, 0.2) is 88.6 Å². The highest BCUT2D eigenvalue weighted by Gasteiger charge is 2.13. The number of aliphatic imine (C=N–C) groups is 1. The fraction of sp³-hybridized carbons (Fsp3) is 0.190. The van der Waals surface area contributed by atoms with Crippen molar-refractivity contribution in [2.45, 2.75) is 26.2 Å². The molecule has 0 amide bonds. The van der Waals surface area contributed by atoms with Crippen LogP contribution in [0.25, 0.3) is 0 Å². The van der Waals surface area contributed by atoms with Gasteiger partial charge in [0.25, 0.3) is 0 Å². The van der Waals surface area contributed by atoms with Gasteiger partial charge in [-0.25, -0.2) is 0 Å². The molecule has 3 rings (SSSR count). The van der Waals surface area contributed by atoms with Crippen molar-refractivity contribution in [3.63, 3.8) is 0 Å². The minimum atomic E-state index is 1.01. The molecule has 0 saturated carbocycles. The van der Waals surface area contributed by atoms with Gasteiger partial charge in [0.1, 0.15) is 11.9 Å². The number of allylic oxidation sites excluding steroid dienone is 3. The summed E-state index contributed by atoms with van der Waals surface area (Å²) in [5, 5.41) is 2.20. The molecular weight excluding hydrogens is 280 g/mol. The average molecular weight is 303 g/mol. The van der Waals surface area contributed by atoms with Gasteiger partial charge < -0.3 is 0 Å². The number of nitrogens with two attached hydrogens (primary N) is 1. The van der Waals surface area contributed by atoms with Gasteiger partial charge in [-0.3, -0.25) is 10.3 Å². The minimum Gasteiger partial charge on any atom is -0.288 e. The van der Waals surface area contributed by atoms with Crippen molar-refractivity contribution < 1.29 is 5.32 Å². The summed E-state index contributed by atoms with van der Waals surface area (Å²) in [7, 11) is 0. The second-order valence-electron chi connectivity index (χ2n) is 5.87. The summed E-state index contributed by atoms with van der Waals surface area (Å²) in [5.74, 6) is 0. The van der Waals surface area contributed by atoms with E-state index in [1.165, 1.54) is 28.8 Å². The Kier molecular flexibility index (Phi) is 5.17. The Balaban J connectivity index is 1.76. The van der Waals surface area contributed by atoms with Crippen LogP contribution in [0.1, 0.15) is 26.2 Å². The van der Waals surface area contributed by atoms with E-state index in [1.807, 2.05) is 42.6 Å². The number of benzene rings is 2. The average Bonchev–Trinajstić information content (AvgIpc) is 2.61. The van der Waals surface area contributed by atoms with E-state index in [9.17, 15) is 0 Å². The standard InChI is InChI=1S/C21H22N2/c1-17-18(15-22-20-11-4-2-5-12-20)9-8-10-19(17)16-23-21-13-6-3-7-14-21/h2-7,11-16,22H,8-10H2,1H3/p+1/b18-15+,23-16?. The summed E-state index contributed by atoms with van der Waals surface area (Å²) in [6.07, 6.45) is 7.77. The van der Waals surface area contributed by atoms with Crippen LogP contribution in [0.2, 0.25) is 0 Å². The van der Waals surface area contributed by atoms with Crippen LogP contribution in [0.3, 0.4) is 0 Å². The molecule has 2 N–H and O–H groups in total. The third-order valence-corrected chi connectivity index (χ3v) is 4.26. The highest BCUT2D eigenvalue weighted by molar-refractivity contribution is 5.83. The van der Waals surface area contributed by atoms with Gasteiger partial charge in [-0.15, -0.1) is 0 Å². The van der Waals surface area contributed by atoms with Crippen molar-refractivity contribution in [1.82, 2.24) is 0 Å². The molecule has 1 aliphatic rings. The van der Waals surface area contributed by atoms with Crippen LogP contribution in [0, 0.1) is 0 Å². The van der Waals surface area contributed by atoms with Crippen LogP contribution in [0.4, 0.5) is 11.4 Å². The number of para-hydroxylation sites is 2. The van der Waals surface area contributed by atoms with E-state index in [4.69, 9.17) is 0 Å². The molecule has 0 bridgehead atoms. The van der Waals surface area contributed by atoms with E-state index in [2.05, 4.69) is 47.7 Å². The van der Waals surface area contributed by atoms with Crippen molar-refractivity contribution in [1.29, 1.82) is 0 Å². The van der Waals surface area contributed by atoms with Gasteiger partial charge in [0, 0.05) is 11.8 Å². The molecular formula is C21H23N2+. The molecule has 2 aromatic carbocycles. The summed E-state index contributed by atoms with van der Waals surface area (Å²) >= 11 is 0. The van der Waals surface area contributed by atoms with Gasteiger partial charge in [0.05, 0.1) is 5.69 Å². The van der Waals surface area contributed by atoms with E-state index in [1.54, 1.807) is 0 Å². The number of quaternary nitrogens is 1. The maximum Gasteiger partial charge on any atom is 0.134 e. The van der Waals surface area contributed by atoms with Crippen molar-refractivity contribution >= 4 is 17.6 Å². The van der Waals surface area contributed by atoms with E-state index >= 15 is 0 Å². The minimum absolute atomic E-state index is 1.01. The lowest BCUT2D eigenvalue weighted by molar-refractivity contribution is -0.497. The lowest BCUT2D eigenvalue weighted by atomic mass is 9.89. The van der Waals surface area contributed by atoms with Crippen molar-refractivity contribution in [3.8, 4) is 0 Å². The zero-order valence-electron chi connectivity index (χ0n) is 13.6. The second kappa shape index (κ2) is 7.70. The SMILES string of the molecule is CC1=C(C=Nc2ccccc2)CCC/C1=C\[NH2+]c1ccccc1. The Morgan fingerprint density at radius 1 is 0.913 bits per heavy atom. The third-order valence-electron chi connectivity index (χ3n) is 4.26. The zero-order valence-corrected chi connectivity index (χ0v) is 13.6. The van der Waals surface area contributed by atoms with Gasteiger partial charge in [0.2, 0.25) is 0 Å². The topological polar surface area (TPSA) is 29.0 Å². The number of hydrogen-bond donors (Lipinski definition) is 1. The molecule has 0 spiro atoms. The van der Waals surface area contributed by atoms with Gasteiger partial charge in [-0.2, -0.15) is 0 Å². The molecule has 116 valence electrons. The lowest BCUT2D eigenvalue weighted by Gasteiger charge is -2.17. The molecule has 2 aromatic rings. The number of rotatable bonds is 4. The van der Waals surface area contributed by atoms with Crippen LogP contribution < -0.4 is 5.32 Å². The Morgan fingerprint density at radius 3 is 2.35 bits per heavy atom. The van der Waals surface area contributed by atoms with Gasteiger partial charge in [-0.1, -0.05) is 36.4 Å². The quantitative estimate of drug-likeness (QED) is 0.628. The molecule has 0 radical (unpaired) electrons.